The molecule has 1 unspecified atom stereocenters. The zero-order valence-electron chi connectivity index (χ0n) is 19.6. The average Bonchev–Trinajstić information content (AvgIpc) is 2.80. The molecule has 0 saturated carbocycles. The van der Waals surface area contributed by atoms with Gasteiger partial charge in [-0.15, -0.1) is 0 Å². The van der Waals surface area contributed by atoms with Crippen LogP contribution in [0, 0.1) is 5.92 Å². The highest BCUT2D eigenvalue weighted by atomic mass is 16.5. The van der Waals surface area contributed by atoms with Crippen molar-refractivity contribution in [2.75, 3.05) is 13.2 Å². The van der Waals surface area contributed by atoms with Gasteiger partial charge in [0.2, 0.25) is 11.8 Å². The van der Waals surface area contributed by atoms with Crippen LogP contribution < -0.4 is 21.1 Å². The lowest BCUT2D eigenvalue weighted by molar-refractivity contribution is -0.124. The Balaban J connectivity index is 2.10. The molecule has 0 spiro atoms. The summed E-state index contributed by atoms with van der Waals surface area (Å²) in [6.45, 7) is 8.78. The molecule has 0 aromatic heterocycles. The number of nitrogens with two attached hydrogens (primary N) is 1. The second-order valence-electron chi connectivity index (χ2n) is 8.50. The molecule has 0 aliphatic carbocycles. The van der Waals surface area contributed by atoms with Gasteiger partial charge in [0.1, 0.15) is 5.75 Å². The smallest absolute Gasteiger partial charge is 0.236 e. The third-order valence-electron chi connectivity index (χ3n) is 5.50. The van der Waals surface area contributed by atoms with E-state index in [4.69, 9.17) is 10.5 Å². The number of nitrogens with one attached hydrogen (secondary N) is 2. The van der Waals surface area contributed by atoms with Gasteiger partial charge in [0.15, 0.2) is 0 Å². The maximum absolute atomic E-state index is 12.9. The molecule has 2 aromatic rings. The van der Waals surface area contributed by atoms with E-state index in [0.717, 1.165) is 29.7 Å². The first-order valence-electron chi connectivity index (χ1n) is 11.4. The number of hydrogen-bond acceptors (Lipinski definition) is 4. The van der Waals surface area contributed by atoms with Gasteiger partial charge in [-0.1, -0.05) is 62.7 Å². The zero-order valence-corrected chi connectivity index (χ0v) is 19.6. The van der Waals surface area contributed by atoms with Crippen LogP contribution in [0.3, 0.4) is 0 Å². The van der Waals surface area contributed by atoms with E-state index in [1.807, 2.05) is 61.5 Å². The number of hydrogen-bond donors (Lipinski definition) is 3. The summed E-state index contributed by atoms with van der Waals surface area (Å²) in [5, 5.41) is 5.90. The predicted octanol–water partition coefficient (Wildman–Crippen LogP) is 3.93. The molecular weight excluding hydrogens is 402 g/mol. The minimum Gasteiger partial charge on any atom is -0.493 e. The quantitative estimate of drug-likeness (QED) is 0.467. The lowest BCUT2D eigenvalue weighted by Gasteiger charge is -2.23. The van der Waals surface area contributed by atoms with Crippen molar-refractivity contribution in [3.63, 3.8) is 0 Å². The SMILES string of the molecule is CCCC(C)COc1ccc([C@H](CNC(=O)[C@@H](C)N)NC(=O)[C@@H](C)c2ccccc2)cc1. The fraction of sp³-hybridized carbons (Fsp3) is 0.462. The van der Waals surface area contributed by atoms with Crippen LogP contribution in [0.4, 0.5) is 0 Å². The van der Waals surface area contributed by atoms with Gasteiger partial charge >= 0.3 is 0 Å². The van der Waals surface area contributed by atoms with Gasteiger partial charge in [-0.2, -0.15) is 0 Å². The van der Waals surface area contributed by atoms with Crippen molar-refractivity contribution in [3.05, 3.63) is 65.7 Å². The van der Waals surface area contributed by atoms with Gasteiger partial charge < -0.3 is 21.1 Å². The number of rotatable bonds is 12. The van der Waals surface area contributed by atoms with Gasteiger partial charge in [0.25, 0.3) is 0 Å². The first-order chi connectivity index (χ1) is 15.3. The molecule has 0 aliphatic heterocycles. The zero-order chi connectivity index (χ0) is 23.5. The Morgan fingerprint density at radius 1 is 0.938 bits per heavy atom. The standard InChI is InChI=1S/C26H37N3O3/c1-5-9-18(2)17-32-23-14-12-22(13-15-23)24(16-28-26(31)20(4)27)29-25(30)19(3)21-10-7-6-8-11-21/h6-8,10-15,18-20,24H,5,9,16-17,27H2,1-4H3,(H,28,31)(H,29,30)/t18?,19-,20+,24-/m0/s1. The minimum absolute atomic E-state index is 0.107. The lowest BCUT2D eigenvalue weighted by atomic mass is 9.99. The van der Waals surface area contributed by atoms with Gasteiger partial charge in [-0.25, -0.2) is 0 Å². The van der Waals surface area contributed by atoms with Gasteiger partial charge in [0.05, 0.1) is 24.6 Å². The molecule has 6 heteroatoms. The van der Waals surface area contributed by atoms with Crippen molar-refractivity contribution in [2.24, 2.45) is 11.7 Å². The van der Waals surface area contributed by atoms with Crippen LogP contribution in [0.25, 0.3) is 0 Å². The van der Waals surface area contributed by atoms with E-state index in [0.29, 0.717) is 12.5 Å². The molecule has 2 aromatic carbocycles. The molecule has 4 atom stereocenters. The van der Waals surface area contributed by atoms with Crippen LogP contribution in [0.15, 0.2) is 54.6 Å². The third kappa shape index (κ3) is 8.00. The van der Waals surface area contributed by atoms with Crippen LogP contribution in [-0.4, -0.2) is 31.0 Å². The molecule has 6 nitrogen and oxygen atoms in total. The first-order valence-corrected chi connectivity index (χ1v) is 11.4. The highest BCUT2D eigenvalue weighted by Crippen LogP contribution is 2.21. The maximum Gasteiger partial charge on any atom is 0.236 e. The van der Waals surface area contributed by atoms with Crippen LogP contribution in [0.2, 0.25) is 0 Å². The fourth-order valence-corrected chi connectivity index (χ4v) is 3.42. The van der Waals surface area contributed by atoms with Crippen LogP contribution in [0.5, 0.6) is 5.75 Å². The summed E-state index contributed by atoms with van der Waals surface area (Å²) >= 11 is 0. The van der Waals surface area contributed by atoms with Gasteiger partial charge in [0, 0.05) is 6.54 Å². The largest absolute Gasteiger partial charge is 0.493 e. The number of carbonyl (C=O) groups is 2. The molecule has 2 amide bonds. The van der Waals surface area contributed by atoms with Gasteiger partial charge in [-0.3, -0.25) is 9.59 Å². The minimum atomic E-state index is -0.615. The second-order valence-corrected chi connectivity index (χ2v) is 8.50. The van der Waals surface area contributed by atoms with Crippen molar-refractivity contribution >= 4 is 11.8 Å². The summed E-state index contributed by atoms with van der Waals surface area (Å²) in [5.74, 6) is 0.611. The second kappa shape index (κ2) is 12.9. The molecule has 0 heterocycles. The molecule has 2 rings (SSSR count). The maximum atomic E-state index is 12.9. The Morgan fingerprint density at radius 3 is 2.19 bits per heavy atom. The van der Waals surface area contributed by atoms with E-state index < -0.39 is 6.04 Å². The van der Waals surface area contributed by atoms with Crippen molar-refractivity contribution in [2.45, 2.75) is 58.5 Å². The number of carbonyl (C=O) groups excluding carboxylic acids is 2. The van der Waals surface area contributed by atoms with Crippen LogP contribution in [-0.2, 0) is 9.59 Å². The highest BCUT2D eigenvalue weighted by molar-refractivity contribution is 5.84. The molecule has 0 radical (unpaired) electrons. The van der Waals surface area contributed by atoms with Crippen molar-refractivity contribution in [3.8, 4) is 5.75 Å². The summed E-state index contributed by atoms with van der Waals surface area (Å²) in [7, 11) is 0. The predicted molar refractivity (Wildman–Crippen MR) is 128 cm³/mol. The van der Waals surface area contributed by atoms with E-state index >= 15 is 0 Å². The molecule has 174 valence electrons. The molecule has 0 fully saturated rings. The summed E-state index contributed by atoms with van der Waals surface area (Å²) in [6.07, 6.45) is 2.27. The molecule has 0 saturated heterocycles. The van der Waals surface area contributed by atoms with E-state index in [1.54, 1.807) is 6.92 Å². The molecule has 32 heavy (non-hydrogen) atoms. The Hall–Kier alpha value is -2.86. The van der Waals surface area contributed by atoms with Crippen molar-refractivity contribution in [1.29, 1.82) is 0 Å². The van der Waals surface area contributed by atoms with Gasteiger partial charge in [-0.05, 0) is 49.4 Å². The van der Waals surface area contributed by atoms with Crippen molar-refractivity contribution < 1.29 is 14.3 Å². The summed E-state index contributed by atoms with van der Waals surface area (Å²) in [5.41, 5.74) is 7.49. The highest BCUT2D eigenvalue weighted by Gasteiger charge is 2.21. The van der Waals surface area contributed by atoms with E-state index in [-0.39, 0.29) is 30.3 Å². The average molecular weight is 440 g/mol. The number of ether oxygens (including phenoxy) is 1. The van der Waals surface area contributed by atoms with E-state index in [9.17, 15) is 9.59 Å². The van der Waals surface area contributed by atoms with E-state index in [2.05, 4.69) is 24.5 Å². The Bertz CT molecular complexity index is 837. The van der Waals surface area contributed by atoms with E-state index in [1.165, 1.54) is 0 Å². The normalized spacial score (nSPS) is 14.7. The Morgan fingerprint density at radius 2 is 1.59 bits per heavy atom. The summed E-state index contributed by atoms with van der Waals surface area (Å²) in [4.78, 5) is 24.9. The Kier molecular flexibility index (Phi) is 10.2. The van der Waals surface area contributed by atoms with Crippen LogP contribution in [0.1, 0.15) is 63.6 Å². The fourth-order valence-electron chi connectivity index (χ4n) is 3.42. The van der Waals surface area contributed by atoms with Crippen molar-refractivity contribution in [1.82, 2.24) is 10.6 Å². The summed E-state index contributed by atoms with van der Waals surface area (Å²) < 4.78 is 5.89. The topological polar surface area (TPSA) is 93.4 Å². The number of amides is 2. The molecule has 4 N–H and O–H groups in total. The molecule has 0 bridgehead atoms. The Labute approximate surface area is 191 Å². The summed E-state index contributed by atoms with van der Waals surface area (Å²) in [6, 6.07) is 16.3. The van der Waals surface area contributed by atoms with Crippen LogP contribution >= 0.6 is 0 Å². The molecule has 0 aliphatic rings. The third-order valence-corrected chi connectivity index (χ3v) is 5.50. The first kappa shape index (κ1) is 25.4. The molecular formula is C26H37N3O3. The monoisotopic (exact) mass is 439 g/mol. The lowest BCUT2D eigenvalue weighted by Crippen LogP contribution is -2.44. The number of benzene rings is 2.